The smallest absolute Gasteiger partial charge is 0.239 e. The predicted molar refractivity (Wildman–Crippen MR) is 106 cm³/mol. The Morgan fingerprint density at radius 1 is 1.25 bits per heavy atom. The largest absolute Gasteiger partial charge is 0.356 e. The highest BCUT2D eigenvalue weighted by Gasteiger charge is 2.23. The lowest BCUT2D eigenvalue weighted by Crippen LogP contribution is -2.39. The van der Waals surface area contributed by atoms with Gasteiger partial charge in [-0.1, -0.05) is 0 Å². The van der Waals surface area contributed by atoms with Gasteiger partial charge >= 0.3 is 0 Å². The van der Waals surface area contributed by atoms with Crippen LogP contribution in [0.1, 0.15) is 24.5 Å². The molecular weight excluding hydrogens is 356 g/mol. The monoisotopic (exact) mass is 382 g/mol. The van der Waals surface area contributed by atoms with E-state index in [1.54, 1.807) is 10.9 Å². The lowest BCUT2D eigenvalue weighted by molar-refractivity contribution is -0.121. The zero-order valence-corrected chi connectivity index (χ0v) is 16.6. The van der Waals surface area contributed by atoms with Crippen LogP contribution < -0.4 is 10.2 Å². The molecule has 0 spiro atoms. The maximum Gasteiger partial charge on any atom is 0.239 e. The number of imidazole rings is 1. The number of anilines is 1. The van der Waals surface area contributed by atoms with Crippen LogP contribution >= 0.6 is 0 Å². The summed E-state index contributed by atoms with van der Waals surface area (Å²) in [7, 11) is 1.90. The standard InChI is InChI=1S/C19H26N8O/c1-13-23-18-16(11-22-25(18)3)19(24-13)26-7-4-15(5-8-26)10-21-17(28)12-27-9-6-20-14(27)2/h6,9,11,15H,4-5,7-8,10,12H2,1-3H3,(H,21,28). The van der Waals surface area contributed by atoms with Crippen LogP contribution in [0, 0.1) is 19.8 Å². The van der Waals surface area contributed by atoms with E-state index in [4.69, 9.17) is 0 Å². The first-order valence-electron chi connectivity index (χ1n) is 9.67. The first kappa shape index (κ1) is 18.4. The van der Waals surface area contributed by atoms with Crippen LogP contribution in [0.4, 0.5) is 5.82 Å². The van der Waals surface area contributed by atoms with Crippen molar-refractivity contribution in [3.63, 3.8) is 0 Å². The summed E-state index contributed by atoms with van der Waals surface area (Å²) in [5.41, 5.74) is 0.867. The summed E-state index contributed by atoms with van der Waals surface area (Å²) in [5.74, 6) is 3.10. The summed E-state index contributed by atoms with van der Waals surface area (Å²) in [6, 6.07) is 0. The molecule has 9 heteroatoms. The minimum atomic E-state index is 0.0343. The molecular formula is C19H26N8O. The van der Waals surface area contributed by atoms with Crippen molar-refractivity contribution in [3.05, 3.63) is 30.2 Å². The molecule has 3 aromatic heterocycles. The summed E-state index contributed by atoms with van der Waals surface area (Å²) in [6.07, 6.45) is 7.43. The van der Waals surface area contributed by atoms with Crippen molar-refractivity contribution in [1.82, 2.24) is 34.6 Å². The molecule has 0 bridgehead atoms. The molecule has 9 nitrogen and oxygen atoms in total. The van der Waals surface area contributed by atoms with Crippen molar-refractivity contribution in [2.45, 2.75) is 33.2 Å². The fourth-order valence-corrected chi connectivity index (χ4v) is 3.74. The number of piperidine rings is 1. The molecule has 148 valence electrons. The molecule has 1 aliphatic heterocycles. The second-order valence-corrected chi connectivity index (χ2v) is 7.44. The van der Waals surface area contributed by atoms with Gasteiger partial charge < -0.3 is 14.8 Å². The number of aromatic nitrogens is 6. The van der Waals surface area contributed by atoms with E-state index in [0.29, 0.717) is 19.0 Å². The number of fused-ring (bicyclic) bond motifs is 1. The van der Waals surface area contributed by atoms with Crippen molar-refractivity contribution < 1.29 is 4.79 Å². The van der Waals surface area contributed by atoms with E-state index in [2.05, 4.69) is 30.3 Å². The average molecular weight is 382 g/mol. The number of rotatable bonds is 5. The number of nitrogens with one attached hydrogen (secondary N) is 1. The summed E-state index contributed by atoms with van der Waals surface area (Å²) < 4.78 is 3.65. The Hall–Kier alpha value is -2.97. The molecule has 3 aromatic rings. The lowest BCUT2D eigenvalue weighted by atomic mass is 9.96. The molecule has 4 heterocycles. The predicted octanol–water partition coefficient (Wildman–Crippen LogP) is 1.21. The summed E-state index contributed by atoms with van der Waals surface area (Å²) in [4.78, 5) is 27.8. The first-order valence-corrected chi connectivity index (χ1v) is 9.67. The minimum absolute atomic E-state index is 0.0343. The van der Waals surface area contributed by atoms with Crippen LogP contribution in [0.15, 0.2) is 18.6 Å². The van der Waals surface area contributed by atoms with Gasteiger partial charge in [-0.2, -0.15) is 5.10 Å². The maximum absolute atomic E-state index is 12.2. The van der Waals surface area contributed by atoms with Crippen LogP contribution in [0.2, 0.25) is 0 Å². The lowest BCUT2D eigenvalue weighted by Gasteiger charge is -2.33. The van der Waals surface area contributed by atoms with E-state index in [1.807, 2.05) is 37.9 Å². The average Bonchev–Trinajstić information content (AvgIpc) is 3.26. The second kappa shape index (κ2) is 7.57. The van der Waals surface area contributed by atoms with E-state index < -0.39 is 0 Å². The van der Waals surface area contributed by atoms with Crippen molar-refractivity contribution in [3.8, 4) is 0 Å². The van der Waals surface area contributed by atoms with Gasteiger partial charge in [-0.3, -0.25) is 9.48 Å². The second-order valence-electron chi connectivity index (χ2n) is 7.44. The van der Waals surface area contributed by atoms with Crippen LogP contribution in [0.5, 0.6) is 0 Å². The molecule has 4 rings (SSSR count). The number of carbonyl (C=O) groups is 1. The van der Waals surface area contributed by atoms with Gasteiger partial charge in [0, 0.05) is 39.1 Å². The minimum Gasteiger partial charge on any atom is -0.356 e. The van der Waals surface area contributed by atoms with Crippen LogP contribution in [-0.4, -0.2) is 54.8 Å². The number of nitrogens with zero attached hydrogens (tertiary/aromatic N) is 7. The Morgan fingerprint density at radius 3 is 2.75 bits per heavy atom. The van der Waals surface area contributed by atoms with Gasteiger partial charge in [0.25, 0.3) is 0 Å². The van der Waals surface area contributed by atoms with Crippen molar-refractivity contribution in [2.75, 3.05) is 24.5 Å². The molecule has 28 heavy (non-hydrogen) atoms. The highest BCUT2D eigenvalue weighted by molar-refractivity contribution is 5.87. The molecule has 1 aliphatic rings. The first-order chi connectivity index (χ1) is 13.5. The SMILES string of the molecule is Cc1nc(N2CCC(CNC(=O)Cn3ccnc3C)CC2)c2cnn(C)c2n1. The van der Waals surface area contributed by atoms with Crippen LogP contribution in [-0.2, 0) is 18.4 Å². The molecule has 1 saturated heterocycles. The Balaban J connectivity index is 1.33. The third kappa shape index (κ3) is 3.69. The fourth-order valence-electron chi connectivity index (χ4n) is 3.74. The number of hydrogen-bond acceptors (Lipinski definition) is 6. The Labute approximate surface area is 163 Å². The van der Waals surface area contributed by atoms with Gasteiger partial charge in [0.2, 0.25) is 5.91 Å². The number of carbonyl (C=O) groups excluding carboxylic acids is 1. The quantitative estimate of drug-likeness (QED) is 0.713. The van der Waals surface area contributed by atoms with E-state index >= 15 is 0 Å². The third-order valence-corrected chi connectivity index (χ3v) is 5.42. The molecule has 1 amide bonds. The van der Waals surface area contributed by atoms with Crippen molar-refractivity contribution >= 4 is 22.8 Å². The fraction of sp³-hybridized carbons (Fsp3) is 0.526. The van der Waals surface area contributed by atoms with Gasteiger partial charge in [0.05, 0.1) is 11.6 Å². The molecule has 0 aromatic carbocycles. The van der Waals surface area contributed by atoms with Gasteiger partial charge in [-0.05, 0) is 32.6 Å². The zero-order chi connectivity index (χ0) is 19.7. The van der Waals surface area contributed by atoms with Crippen molar-refractivity contribution in [2.24, 2.45) is 13.0 Å². The summed E-state index contributed by atoms with van der Waals surface area (Å²) in [5, 5.41) is 8.39. The third-order valence-electron chi connectivity index (χ3n) is 5.42. The van der Waals surface area contributed by atoms with Crippen LogP contribution in [0.25, 0.3) is 11.0 Å². The van der Waals surface area contributed by atoms with Gasteiger partial charge in [-0.15, -0.1) is 0 Å². The Morgan fingerprint density at radius 2 is 2.04 bits per heavy atom. The summed E-state index contributed by atoms with van der Waals surface area (Å²) in [6.45, 7) is 6.69. The van der Waals surface area contributed by atoms with E-state index in [1.165, 1.54) is 0 Å². The molecule has 0 aliphatic carbocycles. The van der Waals surface area contributed by atoms with E-state index in [9.17, 15) is 4.79 Å². The van der Waals surface area contributed by atoms with Gasteiger partial charge in [0.1, 0.15) is 24.0 Å². The van der Waals surface area contributed by atoms with Gasteiger partial charge in [-0.25, -0.2) is 15.0 Å². The topological polar surface area (TPSA) is 93.8 Å². The molecule has 0 atom stereocenters. The molecule has 1 fully saturated rings. The molecule has 0 unspecified atom stereocenters. The normalized spacial score (nSPS) is 15.3. The Bertz CT molecular complexity index is 983. The van der Waals surface area contributed by atoms with E-state index in [0.717, 1.165) is 54.4 Å². The van der Waals surface area contributed by atoms with Crippen LogP contribution in [0.3, 0.4) is 0 Å². The maximum atomic E-state index is 12.2. The van der Waals surface area contributed by atoms with Crippen molar-refractivity contribution in [1.29, 1.82) is 0 Å². The zero-order valence-electron chi connectivity index (χ0n) is 16.6. The Kier molecular flexibility index (Phi) is 4.97. The number of aryl methyl sites for hydroxylation is 3. The number of amides is 1. The molecule has 0 radical (unpaired) electrons. The molecule has 0 saturated carbocycles. The molecule has 1 N–H and O–H groups in total. The van der Waals surface area contributed by atoms with E-state index in [-0.39, 0.29) is 5.91 Å². The highest BCUT2D eigenvalue weighted by Crippen LogP contribution is 2.27. The highest BCUT2D eigenvalue weighted by atomic mass is 16.1. The van der Waals surface area contributed by atoms with Gasteiger partial charge in [0.15, 0.2) is 5.65 Å². The summed E-state index contributed by atoms with van der Waals surface area (Å²) >= 11 is 0. The number of hydrogen-bond donors (Lipinski definition) is 1.